The first kappa shape index (κ1) is 47.8. The molecular weight excluding hydrogens is 805 g/mol. The Morgan fingerprint density at radius 2 is 1.34 bits per heavy atom. The molecule has 7 heterocycles. The van der Waals surface area contributed by atoms with Crippen LogP contribution in [-0.2, 0) is 61.4 Å². The molecule has 6 saturated heterocycles. The van der Waals surface area contributed by atoms with Crippen LogP contribution in [0.5, 0.6) is 0 Å². The molecule has 3 spiro atoms. The first-order valence-electron chi connectivity index (χ1n) is 23.4. The molecule has 17 atom stereocenters. The molecule has 0 radical (unpaired) electrons. The highest BCUT2D eigenvalue weighted by Crippen LogP contribution is 2.57. The molecule has 9 bridgehead atoms. The van der Waals surface area contributed by atoms with Crippen molar-refractivity contribution in [1.82, 2.24) is 0 Å². The van der Waals surface area contributed by atoms with Gasteiger partial charge in [0.2, 0.25) is 0 Å². The average molecular weight is 880 g/mol. The van der Waals surface area contributed by atoms with Crippen LogP contribution < -0.4 is 5.73 Å². The number of aliphatic hydroxyl groups is 2. The van der Waals surface area contributed by atoms with Crippen molar-refractivity contribution < 1.29 is 77.4 Å². The summed E-state index contributed by atoms with van der Waals surface area (Å²) in [7, 11) is 0. The summed E-state index contributed by atoms with van der Waals surface area (Å²) in [6.07, 6.45) is -0.138. The van der Waals surface area contributed by atoms with Gasteiger partial charge < -0.3 is 63.0 Å². The molecule has 17 heteroatoms. The van der Waals surface area contributed by atoms with Crippen molar-refractivity contribution in [1.29, 1.82) is 0 Å². The molecule has 0 saturated carbocycles. The highest BCUT2D eigenvalue weighted by atomic mass is 17.0. The van der Waals surface area contributed by atoms with Gasteiger partial charge in [0, 0.05) is 41.4 Å². The van der Waals surface area contributed by atoms with Gasteiger partial charge in [-0.25, -0.2) is 14.4 Å². The Balaban J connectivity index is 1.36. The van der Waals surface area contributed by atoms with E-state index in [2.05, 4.69) is 5.73 Å². The van der Waals surface area contributed by atoms with E-state index in [1.54, 1.807) is 6.92 Å². The molecule has 5 N–H and O–H groups in total. The van der Waals surface area contributed by atoms with Crippen LogP contribution in [0.2, 0.25) is 0 Å². The quantitative estimate of drug-likeness (QED) is 0.157. The topological polar surface area (TPSA) is 212 Å². The fourth-order valence-electron chi connectivity index (χ4n) is 10.6. The zero-order chi connectivity index (χ0) is 45.2. The first-order chi connectivity index (χ1) is 29.0. The van der Waals surface area contributed by atoms with Gasteiger partial charge in [-0.05, 0) is 71.6 Å². The Hall–Kier alpha value is -2.19. The third kappa shape index (κ3) is 8.78. The largest absolute Gasteiger partial charge is 0.536 e. The van der Waals surface area contributed by atoms with Crippen molar-refractivity contribution in [2.75, 3.05) is 0 Å². The summed E-state index contributed by atoms with van der Waals surface area (Å²) >= 11 is 0. The van der Waals surface area contributed by atoms with Crippen molar-refractivity contribution in [2.45, 2.75) is 225 Å². The molecule has 352 valence electrons. The van der Waals surface area contributed by atoms with E-state index in [1.807, 2.05) is 74.5 Å². The van der Waals surface area contributed by atoms with Crippen molar-refractivity contribution in [2.24, 2.45) is 28.6 Å². The van der Waals surface area contributed by atoms with Crippen LogP contribution in [-0.4, -0.2) is 120 Å². The van der Waals surface area contributed by atoms with Crippen LogP contribution in [0.15, 0.2) is 12.2 Å². The van der Waals surface area contributed by atoms with Crippen molar-refractivity contribution in [3.8, 4) is 0 Å². The van der Waals surface area contributed by atoms with Gasteiger partial charge in [-0.15, -0.1) is 0 Å². The molecule has 62 heavy (non-hydrogen) atoms. The number of hydrogen-bond donors (Lipinski definition) is 3. The van der Waals surface area contributed by atoms with Crippen molar-refractivity contribution >= 4 is 24.9 Å². The molecule has 7 aliphatic heterocycles. The Morgan fingerprint density at radius 1 is 0.790 bits per heavy atom. The predicted octanol–water partition coefficient (Wildman–Crippen LogP) is 4.17. The number of rotatable bonds is 4. The lowest BCUT2D eigenvalue weighted by molar-refractivity contribution is -0.419. The summed E-state index contributed by atoms with van der Waals surface area (Å²) in [5.41, 5.74) is 2.31. The van der Waals surface area contributed by atoms with Gasteiger partial charge in [0.25, 0.3) is 0 Å². The number of allylic oxidation sites excluding steroid dienone is 1. The average Bonchev–Trinajstić information content (AvgIpc) is 3.84. The molecule has 7 aliphatic rings. The zero-order valence-electron chi connectivity index (χ0n) is 38.6. The normalized spacial score (nSPS) is 46.3. The summed E-state index contributed by atoms with van der Waals surface area (Å²) < 4.78 is 66.1. The summed E-state index contributed by atoms with van der Waals surface area (Å²) in [5.74, 6) is -7.04. The standard InChI is InChI=1S/C45H73BNO15/c1-24(2)36(47)39(50)54-27(5)30-16-12-11-13-17-32(48)42(7,8)34-21-19-26(4)45(57-34)38-41(52)56-31-23-29(53-28(31)6)15-14-18-33(49)43(9,10)35-22-20-25(3)44(58-35)37(40(51)55-30)59-46(60-38,61-44)62-45/h11-12,24-38,48-49H,13-23,47H2,1-10H3/q-1/p+1/b12-11+/t25-,26-,27-,28-,29-,30+,31-,32+,33-,34-,35-,36-,37?,38?,44-,45-,46?/m1/s1. The van der Waals surface area contributed by atoms with Crippen molar-refractivity contribution in [3.05, 3.63) is 12.2 Å². The Bertz CT molecular complexity index is 1680. The number of hydrogen-bond acceptors (Lipinski definition) is 15. The number of ether oxygens (including phenoxy) is 6. The second-order valence-corrected chi connectivity index (χ2v) is 21.0. The molecule has 7 rings (SSSR count). The first-order valence-corrected chi connectivity index (χ1v) is 23.4. The summed E-state index contributed by atoms with van der Waals surface area (Å²) in [4.78, 5) is 43.0. The predicted molar refractivity (Wildman–Crippen MR) is 222 cm³/mol. The maximum atomic E-state index is 15.0. The Labute approximate surface area is 366 Å². The van der Waals surface area contributed by atoms with Gasteiger partial charge in [-0.3, -0.25) is 0 Å². The minimum absolute atomic E-state index is 0.0893. The minimum atomic E-state index is -3.52. The molecule has 16 nitrogen and oxygen atoms in total. The molecule has 6 fully saturated rings. The second-order valence-electron chi connectivity index (χ2n) is 21.0. The van der Waals surface area contributed by atoms with Gasteiger partial charge in [0.1, 0.15) is 18.3 Å². The van der Waals surface area contributed by atoms with E-state index in [-0.39, 0.29) is 18.4 Å². The highest BCUT2D eigenvalue weighted by molar-refractivity contribution is 6.56. The van der Waals surface area contributed by atoms with Gasteiger partial charge in [0.15, 0.2) is 29.8 Å². The van der Waals surface area contributed by atoms with Crippen LogP contribution in [0.1, 0.15) is 140 Å². The summed E-state index contributed by atoms with van der Waals surface area (Å²) in [6, 6.07) is -0.652. The van der Waals surface area contributed by atoms with Gasteiger partial charge >= 0.3 is 24.9 Å². The van der Waals surface area contributed by atoms with E-state index in [1.165, 1.54) is 0 Å². The summed E-state index contributed by atoms with van der Waals surface area (Å²) in [6.45, 7) is 15.3. The maximum Gasteiger partial charge on any atom is 0.536 e. The fourth-order valence-corrected chi connectivity index (χ4v) is 10.6. The zero-order valence-corrected chi connectivity index (χ0v) is 38.6. The molecule has 3 unspecified atom stereocenters. The van der Waals surface area contributed by atoms with Crippen LogP contribution in [0.3, 0.4) is 0 Å². The van der Waals surface area contributed by atoms with Gasteiger partial charge in [-0.1, -0.05) is 67.5 Å². The van der Waals surface area contributed by atoms with Crippen LogP contribution in [0.25, 0.3) is 0 Å². The van der Waals surface area contributed by atoms with Crippen molar-refractivity contribution in [3.63, 3.8) is 0 Å². The maximum absolute atomic E-state index is 15.0. The lowest BCUT2D eigenvalue weighted by Gasteiger charge is -2.52. The molecule has 0 aromatic rings. The van der Waals surface area contributed by atoms with E-state index in [9.17, 15) is 19.8 Å². The number of fused-ring (bicyclic) bond motifs is 6. The van der Waals surface area contributed by atoms with Crippen LogP contribution >= 0.6 is 0 Å². The molecule has 0 aromatic carbocycles. The third-order valence-corrected chi connectivity index (χ3v) is 15.6. The third-order valence-electron chi connectivity index (χ3n) is 15.6. The number of aliphatic hydroxyl groups excluding tert-OH is 2. The molecule has 0 aromatic heterocycles. The summed E-state index contributed by atoms with van der Waals surface area (Å²) in [5, 5.41) is 23.6. The fraction of sp³-hybridized carbons (Fsp3) is 0.889. The number of carbonyl (C=O) groups excluding carboxylic acids is 3. The SMILES string of the molecule is CC(C)[C@@H]([NH3+])C(=O)O[C@H](C)[C@@H]1C/C=C/CC[C@H](O)C(C)(C)[C@H]2CC[C@@H](C)[C@@]3(O2)O[B-]24OC(C(=O)O1)[C@]1(O[C@H](CC[C@H]1C)C(C)(C)[C@H](O)CCC[C@@H]1C[C@@H](OC(=O)C3O2)[C@@H](C)O1)O4. The van der Waals surface area contributed by atoms with E-state index < -0.39 is 126 Å². The second kappa shape index (κ2) is 17.9. The molecular formula is C45H74BNO15. The van der Waals surface area contributed by atoms with E-state index in [0.717, 1.165) is 0 Å². The Morgan fingerprint density at radius 3 is 1.90 bits per heavy atom. The lowest BCUT2D eigenvalue weighted by Crippen LogP contribution is -2.68. The van der Waals surface area contributed by atoms with Crippen LogP contribution in [0.4, 0.5) is 0 Å². The highest BCUT2D eigenvalue weighted by Gasteiger charge is 2.73. The number of carbonyl (C=O) groups is 3. The molecule has 0 amide bonds. The number of esters is 3. The Kier molecular flexibility index (Phi) is 13.8. The van der Waals surface area contributed by atoms with E-state index >= 15 is 4.79 Å². The number of quaternary nitrogens is 1. The van der Waals surface area contributed by atoms with Crippen LogP contribution in [0, 0.1) is 28.6 Å². The molecule has 0 aliphatic carbocycles. The minimum Gasteiger partial charge on any atom is -0.504 e. The number of cyclic esters (lactones) is 1. The van der Waals surface area contributed by atoms with Gasteiger partial charge in [-0.2, -0.15) is 0 Å². The monoisotopic (exact) mass is 880 g/mol. The van der Waals surface area contributed by atoms with E-state index in [4.69, 9.17) is 47.0 Å². The van der Waals surface area contributed by atoms with E-state index in [0.29, 0.717) is 64.2 Å². The lowest BCUT2D eigenvalue weighted by atomic mass is 9.73. The smallest absolute Gasteiger partial charge is 0.504 e. The van der Waals surface area contributed by atoms with Gasteiger partial charge in [0.05, 0.1) is 36.6 Å².